The molecule has 1 aromatic carbocycles. The van der Waals surface area contributed by atoms with Gasteiger partial charge in [0.25, 0.3) is 0 Å². The van der Waals surface area contributed by atoms with Crippen molar-refractivity contribution in [2.24, 2.45) is 5.73 Å². The van der Waals surface area contributed by atoms with Crippen molar-refractivity contribution in [1.29, 1.82) is 0 Å². The first-order valence-electron chi connectivity index (χ1n) is 4.03. The Labute approximate surface area is 85.6 Å². The average molecular weight is 220 g/mol. The summed E-state index contributed by atoms with van der Waals surface area (Å²) in [5.74, 6) is -0.459. The van der Waals surface area contributed by atoms with Crippen LogP contribution in [0.25, 0.3) is 0 Å². The monoisotopic (exact) mass is 219 g/mol. The van der Waals surface area contributed by atoms with E-state index in [0.29, 0.717) is 11.4 Å². The van der Waals surface area contributed by atoms with Crippen molar-refractivity contribution in [2.45, 2.75) is 18.9 Å². The Balaban J connectivity index is 2.69. The molecule has 13 heavy (non-hydrogen) atoms. The van der Waals surface area contributed by atoms with Crippen molar-refractivity contribution in [3.63, 3.8) is 0 Å². The van der Waals surface area contributed by atoms with E-state index in [1.165, 1.54) is 6.07 Å². The van der Waals surface area contributed by atoms with Gasteiger partial charge in [0.1, 0.15) is 5.82 Å². The topological polar surface area (TPSA) is 26.0 Å². The molecule has 2 rings (SSSR count). The number of hydrogen-bond donors (Lipinski definition) is 1. The summed E-state index contributed by atoms with van der Waals surface area (Å²) in [7, 11) is 0. The SMILES string of the molecule is N[C@@H]1CCc2c(Cl)c(F)cc(Cl)c21. The number of rotatable bonds is 0. The lowest BCUT2D eigenvalue weighted by Gasteiger charge is -2.08. The first kappa shape index (κ1) is 9.25. The van der Waals surface area contributed by atoms with Crippen LogP contribution in [0.5, 0.6) is 0 Å². The zero-order valence-corrected chi connectivity index (χ0v) is 8.29. The first-order chi connectivity index (χ1) is 6.11. The molecule has 1 nitrogen and oxygen atoms in total. The minimum atomic E-state index is -0.459. The van der Waals surface area contributed by atoms with Gasteiger partial charge in [-0.25, -0.2) is 4.39 Å². The standard InChI is InChI=1S/C9H8Cl2FN/c10-5-3-6(12)9(11)4-1-2-7(13)8(4)5/h3,7H,1-2,13H2/t7-/m1/s1. The van der Waals surface area contributed by atoms with Gasteiger partial charge in [-0.3, -0.25) is 0 Å². The quantitative estimate of drug-likeness (QED) is 0.668. The Morgan fingerprint density at radius 1 is 1.46 bits per heavy atom. The lowest BCUT2D eigenvalue weighted by molar-refractivity contribution is 0.626. The van der Waals surface area contributed by atoms with Crippen LogP contribution in [-0.2, 0) is 6.42 Å². The van der Waals surface area contributed by atoms with Crippen LogP contribution in [0.1, 0.15) is 23.6 Å². The predicted molar refractivity (Wildman–Crippen MR) is 51.7 cm³/mol. The molecular weight excluding hydrogens is 212 g/mol. The van der Waals surface area contributed by atoms with Crippen LogP contribution >= 0.6 is 23.2 Å². The van der Waals surface area contributed by atoms with Gasteiger partial charge in [0.2, 0.25) is 0 Å². The molecule has 0 spiro atoms. The highest BCUT2D eigenvalue weighted by Gasteiger charge is 2.26. The molecule has 1 aliphatic carbocycles. The fraction of sp³-hybridized carbons (Fsp3) is 0.333. The molecule has 0 aromatic heterocycles. The number of fused-ring (bicyclic) bond motifs is 1. The van der Waals surface area contributed by atoms with E-state index in [-0.39, 0.29) is 11.1 Å². The summed E-state index contributed by atoms with van der Waals surface area (Å²) in [5.41, 5.74) is 7.39. The molecular formula is C9H8Cl2FN. The Kier molecular flexibility index (Phi) is 2.22. The van der Waals surface area contributed by atoms with E-state index in [2.05, 4.69) is 0 Å². The Hall–Kier alpha value is -0.310. The molecule has 0 saturated heterocycles. The maximum absolute atomic E-state index is 13.1. The number of benzene rings is 1. The van der Waals surface area contributed by atoms with Gasteiger partial charge in [0, 0.05) is 11.1 Å². The van der Waals surface area contributed by atoms with E-state index >= 15 is 0 Å². The van der Waals surface area contributed by atoms with E-state index in [4.69, 9.17) is 28.9 Å². The number of nitrogens with two attached hydrogens (primary N) is 1. The molecule has 0 fully saturated rings. The highest BCUT2D eigenvalue weighted by molar-refractivity contribution is 6.34. The molecule has 0 saturated carbocycles. The Morgan fingerprint density at radius 3 is 2.85 bits per heavy atom. The molecule has 0 heterocycles. The van der Waals surface area contributed by atoms with E-state index in [0.717, 1.165) is 17.5 Å². The smallest absolute Gasteiger partial charge is 0.143 e. The van der Waals surface area contributed by atoms with Crippen molar-refractivity contribution < 1.29 is 4.39 Å². The molecule has 1 aromatic rings. The highest BCUT2D eigenvalue weighted by Crippen LogP contribution is 2.40. The lowest BCUT2D eigenvalue weighted by atomic mass is 10.1. The van der Waals surface area contributed by atoms with Crippen LogP contribution in [0.3, 0.4) is 0 Å². The van der Waals surface area contributed by atoms with Crippen LogP contribution in [0.15, 0.2) is 6.07 Å². The number of hydrogen-bond acceptors (Lipinski definition) is 1. The normalized spacial score (nSPS) is 20.5. The van der Waals surface area contributed by atoms with E-state index in [1.54, 1.807) is 0 Å². The largest absolute Gasteiger partial charge is 0.324 e. The third-order valence-corrected chi connectivity index (χ3v) is 3.11. The lowest BCUT2D eigenvalue weighted by Crippen LogP contribution is -2.06. The summed E-state index contributed by atoms with van der Waals surface area (Å²) in [5, 5.41) is 0.564. The van der Waals surface area contributed by atoms with Gasteiger partial charge in [-0.05, 0) is 30.0 Å². The van der Waals surface area contributed by atoms with Crippen molar-refractivity contribution in [3.05, 3.63) is 33.1 Å². The molecule has 0 aliphatic heterocycles. The van der Waals surface area contributed by atoms with Crippen molar-refractivity contribution in [1.82, 2.24) is 0 Å². The third-order valence-electron chi connectivity index (χ3n) is 2.39. The molecule has 0 amide bonds. The Morgan fingerprint density at radius 2 is 2.15 bits per heavy atom. The van der Waals surface area contributed by atoms with Gasteiger partial charge >= 0.3 is 0 Å². The first-order valence-corrected chi connectivity index (χ1v) is 4.78. The van der Waals surface area contributed by atoms with Crippen LogP contribution in [0.4, 0.5) is 4.39 Å². The van der Waals surface area contributed by atoms with Gasteiger partial charge < -0.3 is 5.73 Å². The summed E-state index contributed by atoms with van der Waals surface area (Å²) >= 11 is 11.6. The van der Waals surface area contributed by atoms with Crippen molar-refractivity contribution >= 4 is 23.2 Å². The molecule has 0 radical (unpaired) electrons. The second-order valence-corrected chi connectivity index (χ2v) is 3.98. The Bertz CT molecular complexity index is 365. The summed E-state index contributed by atoms with van der Waals surface area (Å²) in [6.45, 7) is 0. The fourth-order valence-electron chi connectivity index (χ4n) is 1.75. The molecule has 70 valence electrons. The van der Waals surface area contributed by atoms with E-state index in [1.807, 2.05) is 0 Å². The molecule has 0 unspecified atom stereocenters. The van der Waals surface area contributed by atoms with Gasteiger partial charge in [0.05, 0.1) is 5.02 Å². The zero-order chi connectivity index (χ0) is 9.59. The summed E-state index contributed by atoms with van der Waals surface area (Å²) in [6.07, 6.45) is 1.50. The molecule has 0 bridgehead atoms. The summed E-state index contributed by atoms with van der Waals surface area (Å²) < 4.78 is 13.1. The molecule has 1 atom stereocenters. The second kappa shape index (κ2) is 3.12. The second-order valence-electron chi connectivity index (χ2n) is 3.19. The molecule has 1 aliphatic rings. The summed E-state index contributed by atoms with van der Waals surface area (Å²) in [4.78, 5) is 0. The maximum atomic E-state index is 13.1. The molecule has 4 heteroatoms. The van der Waals surface area contributed by atoms with Crippen LogP contribution in [-0.4, -0.2) is 0 Å². The summed E-state index contributed by atoms with van der Waals surface area (Å²) in [6, 6.07) is 1.13. The van der Waals surface area contributed by atoms with Crippen LogP contribution < -0.4 is 5.73 Å². The zero-order valence-electron chi connectivity index (χ0n) is 6.78. The van der Waals surface area contributed by atoms with Gasteiger partial charge in [0.15, 0.2) is 0 Å². The minimum Gasteiger partial charge on any atom is -0.324 e. The predicted octanol–water partition coefficient (Wildman–Crippen LogP) is 3.08. The molecule has 2 N–H and O–H groups in total. The average Bonchev–Trinajstić information content (AvgIpc) is 2.44. The van der Waals surface area contributed by atoms with Gasteiger partial charge in [-0.15, -0.1) is 0 Å². The maximum Gasteiger partial charge on any atom is 0.143 e. The fourth-order valence-corrected chi connectivity index (χ4v) is 2.35. The van der Waals surface area contributed by atoms with Gasteiger partial charge in [-0.1, -0.05) is 23.2 Å². The van der Waals surface area contributed by atoms with E-state index in [9.17, 15) is 4.39 Å². The highest BCUT2D eigenvalue weighted by atomic mass is 35.5. The van der Waals surface area contributed by atoms with Crippen LogP contribution in [0.2, 0.25) is 10.0 Å². The number of halogens is 3. The van der Waals surface area contributed by atoms with Gasteiger partial charge in [-0.2, -0.15) is 0 Å². The third kappa shape index (κ3) is 1.33. The van der Waals surface area contributed by atoms with Crippen molar-refractivity contribution in [3.8, 4) is 0 Å². The van der Waals surface area contributed by atoms with E-state index < -0.39 is 5.82 Å². The minimum absolute atomic E-state index is 0.0967. The van der Waals surface area contributed by atoms with Crippen molar-refractivity contribution in [2.75, 3.05) is 0 Å². The van der Waals surface area contributed by atoms with Crippen LogP contribution in [0, 0.1) is 5.82 Å².